The zero-order valence-electron chi connectivity index (χ0n) is 15.5. The lowest BCUT2D eigenvalue weighted by atomic mass is 9.79. The monoisotopic (exact) mass is 296 g/mol. The van der Waals surface area contributed by atoms with Crippen LogP contribution in [0.5, 0.6) is 0 Å². The second kappa shape index (κ2) is 9.84. The third-order valence-corrected chi connectivity index (χ3v) is 4.94. The van der Waals surface area contributed by atoms with E-state index in [9.17, 15) is 0 Å². The Balaban J connectivity index is 2.78. The molecule has 3 unspecified atom stereocenters. The first-order chi connectivity index (χ1) is 9.99. The molecule has 2 heteroatoms. The SMILES string of the molecule is CCCNC1CCC(CCC)CC1N(CC(C)C)C(C)C. The average molecular weight is 297 g/mol. The van der Waals surface area contributed by atoms with E-state index in [1.54, 1.807) is 0 Å². The zero-order chi connectivity index (χ0) is 15.8. The van der Waals surface area contributed by atoms with Crippen LogP contribution < -0.4 is 5.32 Å². The molecule has 1 aliphatic rings. The van der Waals surface area contributed by atoms with Gasteiger partial charge in [-0.2, -0.15) is 0 Å². The van der Waals surface area contributed by atoms with Crippen molar-refractivity contribution in [1.82, 2.24) is 10.2 Å². The Labute approximate surface area is 134 Å². The third-order valence-electron chi connectivity index (χ3n) is 4.94. The van der Waals surface area contributed by atoms with E-state index in [1.165, 1.54) is 51.6 Å². The fraction of sp³-hybridized carbons (Fsp3) is 1.00. The number of hydrogen-bond acceptors (Lipinski definition) is 2. The smallest absolute Gasteiger partial charge is 0.0254 e. The molecular weight excluding hydrogens is 256 g/mol. The summed E-state index contributed by atoms with van der Waals surface area (Å²) in [6, 6.07) is 2.10. The molecule has 1 fully saturated rings. The molecule has 1 rings (SSSR count). The Kier molecular flexibility index (Phi) is 8.89. The molecule has 0 heterocycles. The van der Waals surface area contributed by atoms with E-state index in [1.807, 2.05) is 0 Å². The van der Waals surface area contributed by atoms with Crippen molar-refractivity contribution in [3.8, 4) is 0 Å². The van der Waals surface area contributed by atoms with Gasteiger partial charge in [0, 0.05) is 24.7 Å². The van der Waals surface area contributed by atoms with Gasteiger partial charge in [-0.3, -0.25) is 4.90 Å². The van der Waals surface area contributed by atoms with Crippen LogP contribution in [0.3, 0.4) is 0 Å². The molecule has 2 nitrogen and oxygen atoms in total. The molecule has 0 aliphatic heterocycles. The highest BCUT2D eigenvalue weighted by Crippen LogP contribution is 2.32. The van der Waals surface area contributed by atoms with E-state index in [-0.39, 0.29) is 0 Å². The summed E-state index contributed by atoms with van der Waals surface area (Å²) in [5.74, 6) is 1.71. The van der Waals surface area contributed by atoms with Crippen LogP contribution in [0.2, 0.25) is 0 Å². The molecule has 0 spiro atoms. The van der Waals surface area contributed by atoms with Crippen LogP contribution in [0.4, 0.5) is 0 Å². The molecular formula is C19H40N2. The largest absolute Gasteiger partial charge is 0.312 e. The van der Waals surface area contributed by atoms with Crippen LogP contribution in [0.15, 0.2) is 0 Å². The van der Waals surface area contributed by atoms with Gasteiger partial charge in [0.25, 0.3) is 0 Å². The lowest BCUT2D eigenvalue weighted by Crippen LogP contribution is -2.56. The summed E-state index contributed by atoms with van der Waals surface area (Å²) < 4.78 is 0. The van der Waals surface area contributed by atoms with Gasteiger partial charge in [-0.05, 0) is 57.9 Å². The summed E-state index contributed by atoms with van der Waals surface area (Å²) >= 11 is 0. The van der Waals surface area contributed by atoms with Crippen molar-refractivity contribution < 1.29 is 0 Å². The molecule has 21 heavy (non-hydrogen) atoms. The second-order valence-electron chi connectivity index (χ2n) is 7.78. The first-order valence-corrected chi connectivity index (χ1v) is 9.48. The molecule has 1 aliphatic carbocycles. The maximum absolute atomic E-state index is 3.85. The number of hydrogen-bond donors (Lipinski definition) is 1. The number of nitrogens with one attached hydrogen (secondary N) is 1. The van der Waals surface area contributed by atoms with Gasteiger partial charge in [0.1, 0.15) is 0 Å². The first-order valence-electron chi connectivity index (χ1n) is 9.48. The summed E-state index contributed by atoms with van der Waals surface area (Å²) in [6.07, 6.45) is 8.21. The molecule has 0 aromatic rings. The summed E-state index contributed by atoms with van der Waals surface area (Å²) in [5.41, 5.74) is 0. The molecule has 0 saturated heterocycles. The lowest BCUT2D eigenvalue weighted by Gasteiger charge is -2.45. The Morgan fingerprint density at radius 1 is 1.05 bits per heavy atom. The first kappa shape index (κ1) is 19.0. The van der Waals surface area contributed by atoms with Crippen molar-refractivity contribution in [1.29, 1.82) is 0 Å². The second-order valence-corrected chi connectivity index (χ2v) is 7.78. The summed E-state index contributed by atoms with van der Waals surface area (Å²) in [5, 5.41) is 3.85. The van der Waals surface area contributed by atoms with Crippen molar-refractivity contribution >= 4 is 0 Å². The third kappa shape index (κ3) is 6.28. The van der Waals surface area contributed by atoms with Gasteiger partial charge >= 0.3 is 0 Å². The van der Waals surface area contributed by atoms with Gasteiger partial charge in [-0.25, -0.2) is 0 Å². The van der Waals surface area contributed by atoms with E-state index in [0.717, 1.165) is 17.9 Å². The maximum atomic E-state index is 3.85. The molecule has 0 aromatic carbocycles. The Hall–Kier alpha value is -0.0800. The highest BCUT2D eigenvalue weighted by atomic mass is 15.2. The Morgan fingerprint density at radius 2 is 1.76 bits per heavy atom. The van der Waals surface area contributed by atoms with Crippen molar-refractivity contribution in [2.75, 3.05) is 13.1 Å². The minimum atomic E-state index is 0.656. The van der Waals surface area contributed by atoms with Crippen LogP contribution in [-0.4, -0.2) is 36.1 Å². The van der Waals surface area contributed by atoms with Gasteiger partial charge in [0.05, 0.1) is 0 Å². The summed E-state index contributed by atoms with van der Waals surface area (Å²) in [7, 11) is 0. The molecule has 3 atom stereocenters. The minimum absolute atomic E-state index is 0.656. The zero-order valence-corrected chi connectivity index (χ0v) is 15.5. The average Bonchev–Trinajstić information content (AvgIpc) is 2.43. The van der Waals surface area contributed by atoms with Crippen LogP contribution in [0.25, 0.3) is 0 Å². The van der Waals surface area contributed by atoms with E-state index in [2.05, 4.69) is 51.8 Å². The van der Waals surface area contributed by atoms with Crippen LogP contribution in [-0.2, 0) is 0 Å². The molecule has 126 valence electrons. The number of rotatable bonds is 9. The quantitative estimate of drug-likeness (QED) is 0.664. The molecule has 0 radical (unpaired) electrons. The number of nitrogens with zero attached hydrogens (tertiary/aromatic N) is 1. The molecule has 0 amide bonds. The molecule has 0 bridgehead atoms. The van der Waals surface area contributed by atoms with Gasteiger partial charge in [-0.1, -0.05) is 40.5 Å². The highest BCUT2D eigenvalue weighted by molar-refractivity contribution is 4.92. The summed E-state index contributed by atoms with van der Waals surface area (Å²) in [4.78, 5) is 2.79. The Bertz CT molecular complexity index is 262. The fourth-order valence-corrected chi connectivity index (χ4v) is 3.99. The maximum Gasteiger partial charge on any atom is 0.0254 e. The standard InChI is InChI=1S/C19H40N2/c1-7-9-17-10-11-18(20-12-8-2)19(13-17)21(16(5)6)14-15(3)4/h15-20H,7-14H2,1-6H3. The van der Waals surface area contributed by atoms with Crippen molar-refractivity contribution in [2.24, 2.45) is 11.8 Å². The van der Waals surface area contributed by atoms with Gasteiger partial charge < -0.3 is 5.32 Å². The molecule has 1 N–H and O–H groups in total. The predicted molar refractivity (Wildman–Crippen MR) is 94.8 cm³/mol. The normalized spacial score (nSPS) is 27.0. The van der Waals surface area contributed by atoms with E-state index in [4.69, 9.17) is 0 Å². The highest BCUT2D eigenvalue weighted by Gasteiger charge is 2.34. The lowest BCUT2D eigenvalue weighted by molar-refractivity contribution is 0.0593. The summed E-state index contributed by atoms with van der Waals surface area (Å²) in [6.45, 7) is 16.5. The van der Waals surface area contributed by atoms with Crippen LogP contribution >= 0.6 is 0 Å². The minimum Gasteiger partial charge on any atom is -0.312 e. The van der Waals surface area contributed by atoms with E-state index in [0.29, 0.717) is 12.1 Å². The van der Waals surface area contributed by atoms with E-state index >= 15 is 0 Å². The van der Waals surface area contributed by atoms with Crippen molar-refractivity contribution in [2.45, 2.75) is 98.2 Å². The van der Waals surface area contributed by atoms with E-state index < -0.39 is 0 Å². The fourth-order valence-electron chi connectivity index (χ4n) is 3.99. The van der Waals surface area contributed by atoms with Crippen molar-refractivity contribution in [3.05, 3.63) is 0 Å². The predicted octanol–water partition coefficient (Wildman–Crippen LogP) is 4.69. The molecule has 1 saturated carbocycles. The van der Waals surface area contributed by atoms with Crippen LogP contribution in [0.1, 0.15) is 80.1 Å². The van der Waals surface area contributed by atoms with Gasteiger partial charge in [0.15, 0.2) is 0 Å². The topological polar surface area (TPSA) is 15.3 Å². The van der Waals surface area contributed by atoms with Gasteiger partial charge in [-0.15, -0.1) is 0 Å². The Morgan fingerprint density at radius 3 is 2.29 bits per heavy atom. The van der Waals surface area contributed by atoms with Gasteiger partial charge in [0.2, 0.25) is 0 Å². The van der Waals surface area contributed by atoms with Crippen molar-refractivity contribution in [3.63, 3.8) is 0 Å². The van der Waals surface area contributed by atoms with Crippen LogP contribution in [0, 0.1) is 11.8 Å². The molecule has 0 aromatic heterocycles.